The zero-order valence-corrected chi connectivity index (χ0v) is 9.99. The molecule has 1 rings (SSSR count). The van der Waals surface area contributed by atoms with Gasteiger partial charge in [-0.3, -0.25) is 9.78 Å². The number of esters is 1. The number of carbonyl (C=O) groups is 1. The van der Waals surface area contributed by atoms with Crippen molar-refractivity contribution in [2.75, 3.05) is 13.7 Å². The number of nitrogens with one attached hydrogen (secondary N) is 1. The molecule has 0 aliphatic heterocycles. The van der Waals surface area contributed by atoms with Gasteiger partial charge >= 0.3 is 5.97 Å². The Morgan fingerprint density at radius 1 is 1.62 bits per heavy atom. The Labute approximate surface area is 96.0 Å². The van der Waals surface area contributed by atoms with Crippen molar-refractivity contribution in [1.29, 1.82) is 0 Å². The SMILES string of the molecule is COC(=O)C(C)CNCc1ncccc1C. The smallest absolute Gasteiger partial charge is 0.309 e. The fraction of sp³-hybridized carbons (Fsp3) is 0.500. The average Bonchev–Trinajstić information content (AvgIpc) is 2.30. The Kier molecular flexibility index (Phi) is 4.92. The number of methoxy groups -OCH3 is 1. The van der Waals surface area contributed by atoms with Crippen LogP contribution in [0.4, 0.5) is 0 Å². The molecule has 88 valence electrons. The summed E-state index contributed by atoms with van der Waals surface area (Å²) in [6.45, 7) is 5.13. The highest BCUT2D eigenvalue weighted by Crippen LogP contribution is 2.03. The summed E-state index contributed by atoms with van der Waals surface area (Å²) in [6, 6.07) is 3.93. The van der Waals surface area contributed by atoms with Crippen LogP contribution >= 0.6 is 0 Å². The van der Waals surface area contributed by atoms with Crippen LogP contribution in [0.25, 0.3) is 0 Å². The Morgan fingerprint density at radius 2 is 2.38 bits per heavy atom. The molecule has 4 heteroatoms. The highest BCUT2D eigenvalue weighted by molar-refractivity contribution is 5.71. The standard InChI is InChI=1S/C12H18N2O2/c1-9-5-4-6-14-11(9)8-13-7-10(2)12(15)16-3/h4-6,10,13H,7-8H2,1-3H3. The van der Waals surface area contributed by atoms with E-state index in [1.54, 1.807) is 6.20 Å². The van der Waals surface area contributed by atoms with Gasteiger partial charge in [0, 0.05) is 19.3 Å². The fourth-order valence-electron chi connectivity index (χ4n) is 1.40. The first-order valence-corrected chi connectivity index (χ1v) is 5.34. The molecular weight excluding hydrogens is 204 g/mol. The first-order chi connectivity index (χ1) is 7.65. The second kappa shape index (κ2) is 6.23. The van der Waals surface area contributed by atoms with Crippen molar-refractivity contribution in [1.82, 2.24) is 10.3 Å². The summed E-state index contributed by atoms with van der Waals surface area (Å²) >= 11 is 0. The minimum atomic E-state index is -0.190. The second-order valence-corrected chi connectivity index (χ2v) is 3.82. The van der Waals surface area contributed by atoms with Crippen LogP contribution < -0.4 is 5.32 Å². The summed E-state index contributed by atoms with van der Waals surface area (Å²) in [5.74, 6) is -0.320. The van der Waals surface area contributed by atoms with Crippen molar-refractivity contribution in [3.05, 3.63) is 29.6 Å². The van der Waals surface area contributed by atoms with Gasteiger partial charge in [0.25, 0.3) is 0 Å². The number of carbonyl (C=O) groups excluding carboxylic acids is 1. The molecule has 0 saturated carbocycles. The Morgan fingerprint density at radius 3 is 3.00 bits per heavy atom. The van der Waals surface area contributed by atoms with Crippen molar-refractivity contribution >= 4 is 5.97 Å². The lowest BCUT2D eigenvalue weighted by atomic mass is 10.1. The largest absolute Gasteiger partial charge is 0.469 e. The van der Waals surface area contributed by atoms with Gasteiger partial charge in [0.05, 0.1) is 18.7 Å². The van der Waals surface area contributed by atoms with Crippen LogP contribution in [0.2, 0.25) is 0 Å². The highest BCUT2D eigenvalue weighted by Gasteiger charge is 2.12. The van der Waals surface area contributed by atoms with Gasteiger partial charge in [-0.05, 0) is 18.6 Å². The molecule has 4 nitrogen and oxygen atoms in total. The number of hydrogen-bond donors (Lipinski definition) is 1. The lowest BCUT2D eigenvalue weighted by Gasteiger charge is -2.10. The fourth-order valence-corrected chi connectivity index (χ4v) is 1.40. The molecule has 0 radical (unpaired) electrons. The van der Waals surface area contributed by atoms with Crippen LogP contribution in [0.15, 0.2) is 18.3 Å². The lowest BCUT2D eigenvalue weighted by molar-refractivity contribution is -0.144. The van der Waals surface area contributed by atoms with Gasteiger partial charge in [0.2, 0.25) is 0 Å². The monoisotopic (exact) mass is 222 g/mol. The predicted molar refractivity (Wildman–Crippen MR) is 61.9 cm³/mol. The van der Waals surface area contributed by atoms with Crippen LogP contribution in [-0.4, -0.2) is 24.6 Å². The first kappa shape index (κ1) is 12.6. The van der Waals surface area contributed by atoms with Crippen molar-refractivity contribution in [2.45, 2.75) is 20.4 Å². The molecular formula is C12H18N2O2. The number of pyridine rings is 1. The molecule has 1 atom stereocenters. The molecule has 1 unspecified atom stereocenters. The summed E-state index contributed by atoms with van der Waals surface area (Å²) in [7, 11) is 1.40. The van der Waals surface area contributed by atoms with Gasteiger partial charge in [-0.25, -0.2) is 0 Å². The highest BCUT2D eigenvalue weighted by atomic mass is 16.5. The number of hydrogen-bond acceptors (Lipinski definition) is 4. The van der Waals surface area contributed by atoms with E-state index < -0.39 is 0 Å². The van der Waals surface area contributed by atoms with Gasteiger partial charge in [-0.15, -0.1) is 0 Å². The molecule has 0 saturated heterocycles. The maximum atomic E-state index is 11.1. The molecule has 0 spiro atoms. The van der Waals surface area contributed by atoms with Crippen LogP contribution in [0, 0.1) is 12.8 Å². The van der Waals surface area contributed by atoms with E-state index in [9.17, 15) is 4.79 Å². The minimum Gasteiger partial charge on any atom is -0.469 e. The van der Waals surface area contributed by atoms with E-state index in [-0.39, 0.29) is 11.9 Å². The van der Waals surface area contributed by atoms with Gasteiger partial charge in [0.15, 0.2) is 0 Å². The number of aromatic nitrogens is 1. The minimum absolute atomic E-state index is 0.131. The third-order valence-corrected chi connectivity index (χ3v) is 2.46. The molecule has 1 aromatic heterocycles. The first-order valence-electron chi connectivity index (χ1n) is 5.34. The van der Waals surface area contributed by atoms with Crippen LogP contribution in [-0.2, 0) is 16.1 Å². The maximum Gasteiger partial charge on any atom is 0.309 e. The summed E-state index contributed by atoms with van der Waals surface area (Å²) < 4.78 is 4.64. The average molecular weight is 222 g/mol. The van der Waals surface area contributed by atoms with E-state index in [1.165, 1.54) is 7.11 Å². The van der Waals surface area contributed by atoms with Crippen molar-refractivity contribution in [3.63, 3.8) is 0 Å². The van der Waals surface area contributed by atoms with Gasteiger partial charge < -0.3 is 10.1 Å². The molecule has 1 aromatic rings. The normalized spacial score (nSPS) is 12.2. The quantitative estimate of drug-likeness (QED) is 0.763. The summed E-state index contributed by atoms with van der Waals surface area (Å²) in [4.78, 5) is 15.4. The van der Waals surface area contributed by atoms with Crippen molar-refractivity contribution < 1.29 is 9.53 Å². The van der Waals surface area contributed by atoms with Crippen molar-refractivity contribution in [3.8, 4) is 0 Å². The van der Waals surface area contributed by atoms with E-state index in [1.807, 2.05) is 26.0 Å². The van der Waals surface area contributed by atoms with E-state index in [4.69, 9.17) is 0 Å². The number of nitrogens with zero attached hydrogens (tertiary/aromatic N) is 1. The molecule has 0 aromatic carbocycles. The lowest BCUT2D eigenvalue weighted by Crippen LogP contribution is -2.27. The maximum absolute atomic E-state index is 11.1. The second-order valence-electron chi connectivity index (χ2n) is 3.82. The predicted octanol–water partition coefficient (Wildman–Crippen LogP) is 1.29. The Balaban J connectivity index is 2.36. The number of ether oxygens (including phenoxy) is 1. The van der Waals surface area contributed by atoms with Crippen molar-refractivity contribution in [2.24, 2.45) is 5.92 Å². The van der Waals surface area contributed by atoms with E-state index in [0.717, 1.165) is 11.3 Å². The Hall–Kier alpha value is -1.42. The third kappa shape index (κ3) is 3.62. The zero-order chi connectivity index (χ0) is 12.0. The van der Waals surface area contributed by atoms with E-state index >= 15 is 0 Å². The van der Waals surface area contributed by atoms with Crippen LogP contribution in [0.1, 0.15) is 18.2 Å². The van der Waals surface area contributed by atoms with E-state index in [2.05, 4.69) is 15.0 Å². The molecule has 0 fully saturated rings. The molecule has 0 aliphatic carbocycles. The molecule has 1 N–H and O–H groups in total. The summed E-state index contributed by atoms with van der Waals surface area (Å²) in [5.41, 5.74) is 2.17. The molecule has 0 bridgehead atoms. The van der Waals surface area contributed by atoms with Gasteiger partial charge in [0.1, 0.15) is 0 Å². The van der Waals surface area contributed by atoms with Crippen LogP contribution in [0.5, 0.6) is 0 Å². The Bertz CT molecular complexity index is 353. The number of rotatable bonds is 5. The van der Waals surface area contributed by atoms with Gasteiger partial charge in [-0.2, -0.15) is 0 Å². The summed E-state index contributed by atoms with van der Waals surface area (Å²) in [5, 5.41) is 3.19. The van der Waals surface area contributed by atoms with E-state index in [0.29, 0.717) is 13.1 Å². The van der Waals surface area contributed by atoms with Gasteiger partial charge in [-0.1, -0.05) is 13.0 Å². The molecule has 0 amide bonds. The molecule has 0 aliphatic rings. The zero-order valence-electron chi connectivity index (χ0n) is 9.99. The van der Waals surface area contributed by atoms with Crippen LogP contribution in [0.3, 0.4) is 0 Å². The molecule has 1 heterocycles. The summed E-state index contributed by atoms with van der Waals surface area (Å²) in [6.07, 6.45) is 1.77. The number of aryl methyl sites for hydroxylation is 1. The third-order valence-electron chi connectivity index (χ3n) is 2.46. The topological polar surface area (TPSA) is 51.2 Å². The molecule has 16 heavy (non-hydrogen) atoms.